The largest absolute Gasteiger partial charge is 0.485 e. The molecule has 0 spiro atoms. The lowest BCUT2D eigenvalue weighted by molar-refractivity contribution is -0.385. The molecule has 2 rings (SSSR count). The Labute approximate surface area is 133 Å². The number of nitro benzene ring substituents is 1. The summed E-state index contributed by atoms with van der Waals surface area (Å²) in [6.45, 7) is 5.99. The molecular formula is C15H19FN2O5. The maximum atomic E-state index is 13.7. The zero-order valence-corrected chi connectivity index (χ0v) is 13.2. The summed E-state index contributed by atoms with van der Waals surface area (Å²) in [7, 11) is 0. The zero-order valence-electron chi connectivity index (χ0n) is 13.2. The second kappa shape index (κ2) is 6.39. The standard InChI is InChI=1S/C15H19FN2O5/c1-15(2,3)23-14(19)17-7-6-11(9-17)22-13-8-10(18(20)21)4-5-12(13)16/h4-5,8,11H,6-7,9H2,1-3H3. The van der Waals surface area contributed by atoms with Gasteiger partial charge in [0.25, 0.3) is 5.69 Å². The summed E-state index contributed by atoms with van der Waals surface area (Å²) in [6.07, 6.45) is -0.386. The first-order valence-electron chi connectivity index (χ1n) is 7.24. The Kier molecular flexibility index (Phi) is 4.72. The highest BCUT2D eigenvalue weighted by molar-refractivity contribution is 5.68. The molecule has 0 aliphatic carbocycles. The van der Waals surface area contributed by atoms with Gasteiger partial charge >= 0.3 is 6.09 Å². The first-order chi connectivity index (χ1) is 10.7. The predicted octanol–water partition coefficient (Wildman–Crippen LogP) is 3.12. The zero-order chi connectivity index (χ0) is 17.2. The summed E-state index contributed by atoms with van der Waals surface area (Å²) in [5, 5.41) is 10.7. The van der Waals surface area contributed by atoms with E-state index in [4.69, 9.17) is 9.47 Å². The Bertz CT molecular complexity index is 614. The van der Waals surface area contributed by atoms with Crippen molar-refractivity contribution < 1.29 is 23.6 Å². The van der Waals surface area contributed by atoms with Crippen molar-refractivity contribution in [1.82, 2.24) is 4.90 Å². The van der Waals surface area contributed by atoms with E-state index in [1.54, 1.807) is 20.8 Å². The fraction of sp³-hybridized carbons (Fsp3) is 0.533. The summed E-state index contributed by atoms with van der Waals surface area (Å²) in [5.41, 5.74) is -0.842. The maximum absolute atomic E-state index is 13.7. The molecular weight excluding hydrogens is 307 g/mol. The van der Waals surface area contributed by atoms with Gasteiger partial charge in [-0.15, -0.1) is 0 Å². The molecule has 23 heavy (non-hydrogen) atoms. The molecule has 1 aliphatic rings. The van der Waals surface area contributed by atoms with Crippen LogP contribution in [0.2, 0.25) is 0 Å². The number of carbonyl (C=O) groups is 1. The Morgan fingerprint density at radius 2 is 2.13 bits per heavy atom. The number of ether oxygens (including phenoxy) is 2. The number of halogens is 1. The maximum Gasteiger partial charge on any atom is 0.410 e. The number of rotatable bonds is 3. The molecule has 1 aromatic carbocycles. The van der Waals surface area contributed by atoms with Gasteiger partial charge in [0.05, 0.1) is 17.5 Å². The number of likely N-dealkylation sites (tertiary alicyclic amines) is 1. The van der Waals surface area contributed by atoms with E-state index in [0.29, 0.717) is 13.0 Å². The highest BCUT2D eigenvalue weighted by atomic mass is 19.1. The molecule has 1 saturated heterocycles. The number of carbonyl (C=O) groups excluding carboxylic acids is 1. The number of hydrogen-bond donors (Lipinski definition) is 0. The van der Waals surface area contributed by atoms with Crippen molar-refractivity contribution in [3.63, 3.8) is 0 Å². The van der Waals surface area contributed by atoms with Crippen molar-refractivity contribution in [1.29, 1.82) is 0 Å². The van der Waals surface area contributed by atoms with Crippen LogP contribution in [-0.4, -0.2) is 40.7 Å². The molecule has 1 aromatic rings. The summed E-state index contributed by atoms with van der Waals surface area (Å²) < 4.78 is 24.5. The van der Waals surface area contributed by atoms with Crippen LogP contribution in [0.1, 0.15) is 27.2 Å². The minimum Gasteiger partial charge on any atom is -0.485 e. The van der Waals surface area contributed by atoms with Gasteiger partial charge in [0, 0.05) is 19.0 Å². The van der Waals surface area contributed by atoms with Crippen molar-refractivity contribution >= 4 is 11.8 Å². The Hall–Kier alpha value is -2.38. The molecule has 126 valence electrons. The average Bonchev–Trinajstić information content (AvgIpc) is 2.88. The fourth-order valence-electron chi connectivity index (χ4n) is 2.19. The number of hydrogen-bond acceptors (Lipinski definition) is 5. The molecule has 1 fully saturated rings. The lowest BCUT2D eigenvalue weighted by Gasteiger charge is -2.24. The molecule has 1 heterocycles. The number of benzene rings is 1. The highest BCUT2D eigenvalue weighted by Crippen LogP contribution is 2.26. The van der Waals surface area contributed by atoms with Gasteiger partial charge in [0.15, 0.2) is 11.6 Å². The molecule has 0 N–H and O–H groups in total. The van der Waals surface area contributed by atoms with Gasteiger partial charge in [0.1, 0.15) is 11.7 Å². The third kappa shape index (κ3) is 4.54. The fourth-order valence-corrected chi connectivity index (χ4v) is 2.19. The van der Waals surface area contributed by atoms with E-state index >= 15 is 0 Å². The van der Waals surface area contributed by atoms with Gasteiger partial charge in [-0.2, -0.15) is 0 Å². The van der Waals surface area contributed by atoms with Gasteiger partial charge in [-0.3, -0.25) is 10.1 Å². The molecule has 0 saturated carbocycles. The lowest BCUT2D eigenvalue weighted by atomic mass is 10.2. The van der Waals surface area contributed by atoms with Crippen LogP contribution in [0.3, 0.4) is 0 Å². The Balaban J connectivity index is 1.99. The van der Waals surface area contributed by atoms with Crippen LogP contribution < -0.4 is 4.74 Å². The minimum absolute atomic E-state index is 0.185. The van der Waals surface area contributed by atoms with Crippen molar-refractivity contribution in [2.24, 2.45) is 0 Å². The summed E-state index contributed by atoms with van der Waals surface area (Å²) in [6, 6.07) is 3.11. The van der Waals surface area contributed by atoms with E-state index in [2.05, 4.69) is 0 Å². The number of nitrogens with zero attached hydrogens (tertiary/aromatic N) is 2. The van der Waals surface area contributed by atoms with Crippen molar-refractivity contribution in [2.45, 2.75) is 38.9 Å². The number of amides is 1. The third-order valence-electron chi connectivity index (χ3n) is 3.22. The Morgan fingerprint density at radius 3 is 2.74 bits per heavy atom. The van der Waals surface area contributed by atoms with Crippen LogP contribution in [0.15, 0.2) is 18.2 Å². The molecule has 8 heteroatoms. The van der Waals surface area contributed by atoms with Crippen LogP contribution in [0.25, 0.3) is 0 Å². The van der Waals surface area contributed by atoms with Crippen LogP contribution in [0.4, 0.5) is 14.9 Å². The van der Waals surface area contributed by atoms with Crippen LogP contribution in [-0.2, 0) is 4.74 Å². The molecule has 7 nitrogen and oxygen atoms in total. The smallest absolute Gasteiger partial charge is 0.410 e. The Morgan fingerprint density at radius 1 is 1.43 bits per heavy atom. The molecule has 1 amide bonds. The molecule has 1 unspecified atom stereocenters. The van der Waals surface area contributed by atoms with Gasteiger partial charge in [-0.1, -0.05) is 0 Å². The summed E-state index contributed by atoms with van der Waals surface area (Å²) in [4.78, 5) is 23.5. The molecule has 0 bridgehead atoms. The quantitative estimate of drug-likeness (QED) is 0.629. The van der Waals surface area contributed by atoms with E-state index in [1.807, 2.05) is 0 Å². The summed E-state index contributed by atoms with van der Waals surface area (Å²) in [5.74, 6) is -0.860. The van der Waals surface area contributed by atoms with E-state index in [9.17, 15) is 19.3 Å². The monoisotopic (exact) mass is 326 g/mol. The van der Waals surface area contributed by atoms with E-state index in [-0.39, 0.29) is 18.0 Å². The number of non-ortho nitro benzene ring substituents is 1. The van der Waals surface area contributed by atoms with Gasteiger partial charge in [-0.05, 0) is 26.8 Å². The van der Waals surface area contributed by atoms with Gasteiger partial charge in [0.2, 0.25) is 0 Å². The van der Waals surface area contributed by atoms with Crippen molar-refractivity contribution in [3.05, 3.63) is 34.1 Å². The highest BCUT2D eigenvalue weighted by Gasteiger charge is 2.31. The SMILES string of the molecule is CC(C)(C)OC(=O)N1CCC(Oc2cc([N+](=O)[O-])ccc2F)C1. The molecule has 0 aromatic heterocycles. The van der Waals surface area contributed by atoms with Gasteiger partial charge in [-0.25, -0.2) is 9.18 Å². The van der Waals surface area contributed by atoms with E-state index in [0.717, 1.165) is 18.2 Å². The lowest BCUT2D eigenvalue weighted by Crippen LogP contribution is -2.36. The van der Waals surface area contributed by atoms with E-state index in [1.165, 1.54) is 4.90 Å². The van der Waals surface area contributed by atoms with Crippen LogP contribution >= 0.6 is 0 Å². The first-order valence-corrected chi connectivity index (χ1v) is 7.24. The van der Waals surface area contributed by atoms with Crippen molar-refractivity contribution in [2.75, 3.05) is 13.1 Å². The average molecular weight is 326 g/mol. The van der Waals surface area contributed by atoms with Crippen LogP contribution in [0, 0.1) is 15.9 Å². The number of nitro groups is 1. The van der Waals surface area contributed by atoms with E-state index < -0.39 is 28.5 Å². The minimum atomic E-state index is -0.675. The third-order valence-corrected chi connectivity index (χ3v) is 3.22. The first kappa shape index (κ1) is 17.0. The second-order valence-corrected chi connectivity index (χ2v) is 6.33. The molecule has 1 aliphatic heterocycles. The molecule has 1 atom stereocenters. The second-order valence-electron chi connectivity index (χ2n) is 6.33. The predicted molar refractivity (Wildman–Crippen MR) is 79.9 cm³/mol. The topological polar surface area (TPSA) is 81.9 Å². The summed E-state index contributed by atoms with van der Waals surface area (Å²) >= 11 is 0. The van der Waals surface area contributed by atoms with Gasteiger partial charge < -0.3 is 14.4 Å². The van der Waals surface area contributed by atoms with Crippen LogP contribution in [0.5, 0.6) is 5.75 Å². The van der Waals surface area contributed by atoms with Crippen molar-refractivity contribution in [3.8, 4) is 5.75 Å². The normalized spacial score (nSPS) is 17.9. The molecule has 0 radical (unpaired) electrons.